The first-order chi connectivity index (χ1) is 8.11. The van der Waals surface area contributed by atoms with E-state index in [9.17, 15) is 9.90 Å². The molecule has 0 aromatic heterocycles. The van der Waals surface area contributed by atoms with Crippen LogP contribution in [0.4, 0.5) is 0 Å². The predicted molar refractivity (Wildman–Crippen MR) is 73.7 cm³/mol. The van der Waals surface area contributed by atoms with E-state index in [1.807, 2.05) is 13.8 Å². The first-order valence-corrected chi connectivity index (χ1v) is 5.71. The third-order valence-corrected chi connectivity index (χ3v) is 2.22. The van der Waals surface area contributed by atoms with Crippen LogP contribution in [0.1, 0.15) is 24.2 Å². The van der Waals surface area contributed by atoms with Crippen LogP contribution in [0, 0.1) is 0 Å². The van der Waals surface area contributed by atoms with Gasteiger partial charge in [0.15, 0.2) is 0 Å². The molecule has 0 heterocycles. The molecule has 1 atom stereocenters. The van der Waals surface area contributed by atoms with Gasteiger partial charge in [-0.15, -0.1) is 12.4 Å². The fraction of sp³-hybridized carbons (Fsp3) is 0.462. The zero-order valence-electron chi connectivity index (χ0n) is 10.6. The highest BCUT2D eigenvalue weighted by atomic mass is 35.5. The van der Waals surface area contributed by atoms with E-state index in [1.54, 1.807) is 24.3 Å². The van der Waals surface area contributed by atoms with Crippen molar-refractivity contribution in [3.63, 3.8) is 0 Å². The minimum absolute atomic E-state index is 0. The van der Waals surface area contributed by atoms with E-state index in [2.05, 4.69) is 5.32 Å². The number of carbonyl (C=O) groups is 1. The number of aliphatic hydroxyl groups is 1. The van der Waals surface area contributed by atoms with Crippen molar-refractivity contribution in [3.8, 4) is 5.75 Å². The van der Waals surface area contributed by atoms with E-state index in [4.69, 9.17) is 4.74 Å². The van der Waals surface area contributed by atoms with Crippen molar-refractivity contribution >= 4 is 18.7 Å². The summed E-state index contributed by atoms with van der Waals surface area (Å²) in [5.74, 6) is 0.652. The summed E-state index contributed by atoms with van der Waals surface area (Å²) in [6, 6.07) is 7.14. The fourth-order valence-electron chi connectivity index (χ4n) is 1.27. The van der Waals surface area contributed by atoms with Gasteiger partial charge in [-0.25, -0.2) is 0 Å². The maximum Gasteiger partial charge on any atom is 0.150 e. The predicted octanol–water partition coefficient (Wildman–Crippen LogP) is 1.66. The van der Waals surface area contributed by atoms with Crippen molar-refractivity contribution in [1.29, 1.82) is 0 Å². The Balaban J connectivity index is 0.00000289. The normalized spacial score (nSPS) is 11.8. The molecule has 0 saturated carbocycles. The summed E-state index contributed by atoms with van der Waals surface area (Å²) in [7, 11) is 0. The molecule has 1 rings (SSSR count). The Labute approximate surface area is 114 Å². The van der Waals surface area contributed by atoms with Gasteiger partial charge >= 0.3 is 0 Å². The van der Waals surface area contributed by atoms with Crippen LogP contribution < -0.4 is 10.1 Å². The molecule has 5 heteroatoms. The Morgan fingerprint density at radius 1 is 1.33 bits per heavy atom. The molecule has 0 saturated heterocycles. The minimum Gasteiger partial charge on any atom is -0.491 e. The Morgan fingerprint density at radius 2 is 1.94 bits per heavy atom. The number of carbonyl (C=O) groups excluding carboxylic acids is 1. The summed E-state index contributed by atoms with van der Waals surface area (Å²) in [6.45, 7) is 4.78. The van der Waals surface area contributed by atoms with Crippen LogP contribution >= 0.6 is 12.4 Å². The first-order valence-electron chi connectivity index (χ1n) is 5.71. The first kappa shape index (κ1) is 16.9. The van der Waals surface area contributed by atoms with E-state index >= 15 is 0 Å². The zero-order chi connectivity index (χ0) is 12.7. The number of aldehydes is 1. The number of ether oxygens (including phenoxy) is 1. The molecule has 0 aliphatic rings. The Bertz CT molecular complexity index is 341. The second-order valence-electron chi connectivity index (χ2n) is 4.21. The molecule has 0 aliphatic heterocycles. The van der Waals surface area contributed by atoms with Crippen molar-refractivity contribution in [2.24, 2.45) is 0 Å². The average Bonchev–Trinajstić information content (AvgIpc) is 2.34. The number of aliphatic hydroxyl groups excluding tert-OH is 1. The molecule has 1 aromatic rings. The van der Waals surface area contributed by atoms with Gasteiger partial charge in [0, 0.05) is 18.2 Å². The standard InChI is InChI=1S/C13H19NO3.ClH/c1-10(2)14-7-12(16)9-17-13-5-3-11(8-15)4-6-13;/h3-6,8,10,12,14,16H,7,9H2,1-2H3;1H. The topological polar surface area (TPSA) is 58.6 Å². The lowest BCUT2D eigenvalue weighted by molar-refractivity contribution is 0.104. The maximum atomic E-state index is 10.4. The summed E-state index contributed by atoms with van der Waals surface area (Å²) in [5, 5.41) is 12.7. The van der Waals surface area contributed by atoms with Gasteiger partial charge in [-0.3, -0.25) is 4.79 Å². The molecule has 1 unspecified atom stereocenters. The van der Waals surface area contributed by atoms with Gasteiger partial charge in [-0.2, -0.15) is 0 Å². The summed E-state index contributed by atoms with van der Waals surface area (Å²) in [6.07, 6.45) is 0.244. The van der Waals surface area contributed by atoms with E-state index in [1.165, 1.54) is 0 Å². The lowest BCUT2D eigenvalue weighted by Crippen LogP contribution is -2.35. The van der Waals surface area contributed by atoms with E-state index in [0.717, 1.165) is 6.29 Å². The third kappa shape index (κ3) is 6.59. The van der Waals surface area contributed by atoms with Crippen LogP contribution in [0.25, 0.3) is 0 Å². The van der Waals surface area contributed by atoms with Crippen LogP contribution in [0.2, 0.25) is 0 Å². The van der Waals surface area contributed by atoms with Crippen molar-refractivity contribution < 1.29 is 14.6 Å². The van der Waals surface area contributed by atoms with E-state index < -0.39 is 6.10 Å². The van der Waals surface area contributed by atoms with Crippen molar-refractivity contribution in [2.45, 2.75) is 26.0 Å². The molecule has 0 aliphatic carbocycles. The molecule has 102 valence electrons. The number of rotatable bonds is 7. The second-order valence-corrected chi connectivity index (χ2v) is 4.21. The molecule has 0 fully saturated rings. The maximum absolute atomic E-state index is 10.4. The van der Waals surface area contributed by atoms with Crippen molar-refractivity contribution in [3.05, 3.63) is 29.8 Å². The Hall–Kier alpha value is -1.10. The lowest BCUT2D eigenvalue weighted by Gasteiger charge is -2.14. The second kappa shape index (κ2) is 8.91. The van der Waals surface area contributed by atoms with Gasteiger partial charge in [0.25, 0.3) is 0 Å². The highest BCUT2D eigenvalue weighted by molar-refractivity contribution is 5.85. The molecule has 0 amide bonds. The van der Waals surface area contributed by atoms with E-state index in [-0.39, 0.29) is 19.0 Å². The molecule has 18 heavy (non-hydrogen) atoms. The van der Waals surface area contributed by atoms with Crippen LogP contribution in [0.15, 0.2) is 24.3 Å². The summed E-state index contributed by atoms with van der Waals surface area (Å²) >= 11 is 0. The summed E-state index contributed by atoms with van der Waals surface area (Å²) in [5.41, 5.74) is 0.611. The molecule has 0 bridgehead atoms. The monoisotopic (exact) mass is 273 g/mol. The van der Waals surface area contributed by atoms with Crippen LogP contribution in [-0.4, -0.2) is 36.7 Å². The smallest absolute Gasteiger partial charge is 0.150 e. The molecule has 0 spiro atoms. The third-order valence-electron chi connectivity index (χ3n) is 2.22. The molecule has 0 radical (unpaired) electrons. The lowest BCUT2D eigenvalue weighted by atomic mass is 10.2. The van der Waals surface area contributed by atoms with Gasteiger partial charge in [0.05, 0.1) is 0 Å². The largest absolute Gasteiger partial charge is 0.491 e. The van der Waals surface area contributed by atoms with Crippen LogP contribution in [0.3, 0.4) is 0 Å². The number of hydrogen-bond donors (Lipinski definition) is 2. The molecule has 2 N–H and O–H groups in total. The average molecular weight is 274 g/mol. The number of benzene rings is 1. The van der Waals surface area contributed by atoms with Crippen LogP contribution in [0.5, 0.6) is 5.75 Å². The number of hydrogen-bond acceptors (Lipinski definition) is 4. The quantitative estimate of drug-likeness (QED) is 0.742. The minimum atomic E-state index is -0.539. The number of nitrogens with one attached hydrogen (secondary N) is 1. The van der Waals surface area contributed by atoms with Gasteiger partial charge in [-0.05, 0) is 24.3 Å². The van der Waals surface area contributed by atoms with Crippen molar-refractivity contribution in [1.82, 2.24) is 5.32 Å². The fourth-order valence-corrected chi connectivity index (χ4v) is 1.27. The highest BCUT2D eigenvalue weighted by Crippen LogP contribution is 2.11. The van der Waals surface area contributed by atoms with Gasteiger partial charge < -0.3 is 15.2 Å². The summed E-state index contributed by atoms with van der Waals surface area (Å²) < 4.78 is 5.39. The summed E-state index contributed by atoms with van der Waals surface area (Å²) in [4.78, 5) is 10.4. The molecule has 4 nitrogen and oxygen atoms in total. The highest BCUT2D eigenvalue weighted by Gasteiger charge is 2.05. The van der Waals surface area contributed by atoms with Gasteiger partial charge in [0.2, 0.25) is 0 Å². The van der Waals surface area contributed by atoms with Gasteiger partial charge in [-0.1, -0.05) is 13.8 Å². The Kier molecular flexibility index (Phi) is 8.37. The molecular formula is C13H20ClNO3. The zero-order valence-corrected chi connectivity index (χ0v) is 11.4. The molecule has 1 aromatic carbocycles. The van der Waals surface area contributed by atoms with Crippen LogP contribution in [-0.2, 0) is 0 Å². The molecular weight excluding hydrogens is 254 g/mol. The van der Waals surface area contributed by atoms with Crippen molar-refractivity contribution in [2.75, 3.05) is 13.2 Å². The van der Waals surface area contributed by atoms with E-state index in [0.29, 0.717) is 23.9 Å². The SMILES string of the molecule is CC(C)NCC(O)COc1ccc(C=O)cc1.Cl. The van der Waals surface area contributed by atoms with Gasteiger partial charge in [0.1, 0.15) is 24.7 Å². The Morgan fingerprint density at radius 3 is 2.44 bits per heavy atom. The number of halogens is 1.